The Hall–Kier alpha value is -2.04. The molecule has 0 saturated carbocycles. The Labute approximate surface area is 188 Å². The van der Waals surface area contributed by atoms with Gasteiger partial charge < -0.3 is 14.2 Å². The number of rotatable bonds is 18. The van der Waals surface area contributed by atoms with Crippen molar-refractivity contribution in [3.63, 3.8) is 0 Å². The van der Waals surface area contributed by atoms with Gasteiger partial charge in [-0.15, -0.1) is 0 Å². The molecule has 1 aromatic carbocycles. The van der Waals surface area contributed by atoms with Gasteiger partial charge in [-0.3, -0.25) is 9.59 Å². The fraction of sp³-hybridized carbons (Fsp3) is 0.692. The monoisotopic (exact) mass is 434 g/mol. The molecule has 5 nitrogen and oxygen atoms in total. The van der Waals surface area contributed by atoms with E-state index in [0.29, 0.717) is 24.5 Å². The van der Waals surface area contributed by atoms with E-state index in [1.807, 2.05) is 19.9 Å². The molecule has 1 rings (SSSR count). The van der Waals surface area contributed by atoms with Crippen molar-refractivity contribution in [3.8, 4) is 11.5 Å². The van der Waals surface area contributed by atoms with Gasteiger partial charge in [-0.2, -0.15) is 0 Å². The highest BCUT2D eigenvalue weighted by Gasteiger charge is 2.12. The van der Waals surface area contributed by atoms with Gasteiger partial charge in [-0.05, 0) is 38.8 Å². The molecule has 1 aromatic rings. The molecule has 0 unspecified atom stereocenters. The molecule has 31 heavy (non-hydrogen) atoms. The van der Waals surface area contributed by atoms with Crippen LogP contribution >= 0.6 is 0 Å². The zero-order valence-electron chi connectivity index (χ0n) is 19.8. The van der Waals surface area contributed by atoms with E-state index >= 15 is 0 Å². The minimum Gasteiger partial charge on any atom is -0.487 e. The molecular formula is C26H42O5. The summed E-state index contributed by atoms with van der Waals surface area (Å²) >= 11 is 0. The average molecular weight is 435 g/mol. The van der Waals surface area contributed by atoms with E-state index < -0.39 is 0 Å². The summed E-state index contributed by atoms with van der Waals surface area (Å²) in [7, 11) is 0. The van der Waals surface area contributed by atoms with Crippen LogP contribution in [-0.4, -0.2) is 24.6 Å². The second-order valence-corrected chi connectivity index (χ2v) is 8.34. The number of unbranched alkanes of at least 4 members (excludes halogenated alkanes) is 9. The summed E-state index contributed by atoms with van der Waals surface area (Å²) in [5.41, 5.74) is 0. The molecule has 0 saturated heterocycles. The predicted octanol–water partition coefficient (Wildman–Crippen LogP) is 7.01. The van der Waals surface area contributed by atoms with Crippen molar-refractivity contribution in [2.45, 2.75) is 110 Å². The van der Waals surface area contributed by atoms with Crippen molar-refractivity contribution in [1.82, 2.24) is 0 Å². The molecule has 0 amide bonds. The van der Waals surface area contributed by atoms with Gasteiger partial charge in [-0.25, -0.2) is 0 Å². The fourth-order valence-corrected chi connectivity index (χ4v) is 3.28. The molecular weight excluding hydrogens is 392 g/mol. The maximum atomic E-state index is 12.1. The molecule has 0 aliphatic heterocycles. The highest BCUT2D eigenvalue weighted by Crippen LogP contribution is 2.27. The molecule has 5 heteroatoms. The fourth-order valence-electron chi connectivity index (χ4n) is 3.28. The summed E-state index contributed by atoms with van der Waals surface area (Å²) in [5, 5.41) is 0. The van der Waals surface area contributed by atoms with Gasteiger partial charge in [0.1, 0.15) is 0 Å². The molecule has 0 aromatic heterocycles. The van der Waals surface area contributed by atoms with Crippen LogP contribution in [0.5, 0.6) is 11.5 Å². The standard InChI is InChI=1S/C26H42O5/c1-4-5-6-7-8-9-10-11-12-15-21-29-25(27)19-16-20-26(28)31-24-18-14-13-17-23(24)30-22(2)3/h13-14,17-18,22H,4-12,15-16,19-21H2,1-3H3. The molecule has 0 bridgehead atoms. The van der Waals surface area contributed by atoms with E-state index in [2.05, 4.69) is 6.92 Å². The smallest absolute Gasteiger partial charge is 0.311 e. The molecule has 0 N–H and O–H groups in total. The largest absolute Gasteiger partial charge is 0.487 e. The van der Waals surface area contributed by atoms with Crippen LogP contribution in [0.25, 0.3) is 0 Å². The zero-order valence-corrected chi connectivity index (χ0v) is 19.8. The maximum Gasteiger partial charge on any atom is 0.311 e. The first-order valence-corrected chi connectivity index (χ1v) is 12.1. The Kier molecular flexibility index (Phi) is 15.3. The molecule has 0 spiro atoms. The summed E-state index contributed by atoms with van der Waals surface area (Å²) in [6.07, 6.45) is 13.3. The Morgan fingerprint density at radius 1 is 0.742 bits per heavy atom. The van der Waals surface area contributed by atoms with Gasteiger partial charge in [0, 0.05) is 12.8 Å². The lowest BCUT2D eigenvalue weighted by Crippen LogP contribution is -2.12. The average Bonchev–Trinajstić information content (AvgIpc) is 2.73. The van der Waals surface area contributed by atoms with Gasteiger partial charge in [0.15, 0.2) is 11.5 Å². The van der Waals surface area contributed by atoms with Crippen LogP contribution in [0.4, 0.5) is 0 Å². The minimum atomic E-state index is -0.373. The van der Waals surface area contributed by atoms with E-state index in [-0.39, 0.29) is 30.9 Å². The van der Waals surface area contributed by atoms with Crippen molar-refractivity contribution in [2.24, 2.45) is 0 Å². The number of carbonyl (C=O) groups is 2. The summed E-state index contributed by atoms with van der Waals surface area (Å²) in [6.45, 7) is 6.55. The molecule has 0 radical (unpaired) electrons. The molecule has 0 atom stereocenters. The number of esters is 2. The summed E-state index contributed by atoms with van der Waals surface area (Å²) < 4.78 is 16.3. The van der Waals surface area contributed by atoms with Crippen LogP contribution < -0.4 is 9.47 Å². The van der Waals surface area contributed by atoms with Crippen LogP contribution in [0.1, 0.15) is 104 Å². The van der Waals surface area contributed by atoms with Gasteiger partial charge in [-0.1, -0.05) is 76.8 Å². The molecule has 0 aliphatic carbocycles. The number of ether oxygens (including phenoxy) is 3. The minimum absolute atomic E-state index is 0.00910. The van der Waals surface area contributed by atoms with Crippen molar-refractivity contribution >= 4 is 11.9 Å². The first-order valence-electron chi connectivity index (χ1n) is 12.1. The van der Waals surface area contributed by atoms with Crippen LogP contribution in [0.3, 0.4) is 0 Å². The lowest BCUT2D eigenvalue weighted by atomic mass is 10.1. The van der Waals surface area contributed by atoms with E-state index in [0.717, 1.165) is 12.8 Å². The Balaban J connectivity index is 2.04. The predicted molar refractivity (Wildman–Crippen MR) is 124 cm³/mol. The molecule has 0 heterocycles. The van der Waals surface area contributed by atoms with Gasteiger partial charge in [0.2, 0.25) is 0 Å². The third kappa shape index (κ3) is 14.6. The normalized spacial score (nSPS) is 10.8. The van der Waals surface area contributed by atoms with Crippen molar-refractivity contribution < 1.29 is 23.8 Å². The van der Waals surface area contributed by atoms with Crippen LogP contribution in [0.15, 0.2) is 24.3 Å². The number of carbonyl (C=O) groups excluding carboxylic acids is 2. The first kappa shape index (κ1) is 27.0. The Bertz CT molecular complexity index is 612. The van der Waals surface area contributed by atoms with E-state index in [1.165, 1.54) is 51.4 Å². The summed E-state index contributed by atoms with van der Waals surface area (Å²) in [5.74, 6) is 0.334. The van der Waals surface area contributed by atoms with Gasteiger partial charge in [0.25, 0.3) is 0 Å². The number of para-hydroxylation sites is 2. The number of benzene rings is 1. The lowest BCUT2D eigenvalue weighted by molar-refractivity contribution is -0.144. The second-order valence-electron chi connectivity index (χ2n) is 8.34. The van der Waals surface area contributed by atoms with E-state index in [1.54, 1.807) is 18.2 Å². The Morgan fingerprint density at radius 3 is 1.90 bits per heavy atom. The quantitative estimate of drug-likeness (QED) is 0.141. The van der Waals surface area contributed by atoms with E-state index in [9.17, 15) is 9.59 Å². The van der Waals surface area contributed by atoms with Crippen LogP contribution in [0, 0.1) is 0 Å². The second kappa shape index (κ2) is 17.6. The van der Waals surface area contributed by atoms with E-state index in [4.69, 9.17) is 14.2 Å². The number of hydrogen-bond donors (Lipinski definition) is 0. The third-order valence-corrected chi connectivity index (χ3v) is 4.96. The van der Waals surface area contributed by atoms with Gasteiger partial charge >= 0.3 is 11.9 Å². The van der Waals surface area contributed by atoms with Crippen molar-refractivity contribution in [1.29, 1.82) is 0 Å². The highest BCUT2D eigenvalue weighted by molar-refractivity contribution is 5.74. The SMILES string of the molecule is CCCCCCCCCCCCOC(=O)CCCC(=O)Oc1ccccc1OC(C)C. The molecule has 176 valence electrons. The highest BCUT2D eigenvalue weighted by atomic mass is 16.6. The molecule has 0 aliphatic rings. The lowest BCUT2D eigenvalue weighted by Gasteiger charge is -2.13. The van der Waals surface area contributed by atoms with Crippen molar-refractivity contribution in [2.75, 3.05) is 6.61 Å². The van der Waals surface area contributed by atoms with Crippen LogP contribution in [0.2, 0.25) is 0 Å². The maximum absolute atomic E-state index is 12.1. The molecule has 0 fully saturated rings. The van der Waals surface area contributed by atoms with Crippen LogP contribution in [-0.2, 0) is 14.3 Å². The first-order chi connectivity index (χ1) is 15.0. The zero-order chi connectivity index (χ0) is 22.7. The number of hydrogen-bond acceptors (Lipinski definition) is 5. The summed E-state index contributed by atoms with van der Waals surface area (Å²) in [6, 6.07) is 7.10. The Morgan fingerprint density at radius 2 is 1.29 bits per heavy atom. The topological polar surface area (TPSA) is 61.8 Å². The third-order valence-electron chi connectivity index (χ3n) is 4.96. The van der Waals surface area contributed by atoms with Crippen molar-refractivity contribution in [3.05, 3.63) is 24.3 Å². The van der Waals surface area contributed by atoms with Gasteiger partial charge in [0.05, 0.1) is 12.7 Å². The summed E-state index contributed by atoms with van der Waals surface area (Å²) in [4.78, 5) is 23.9.